The third kappa shape index (κ3) is 4.96. The van der Waals surface area contributed by atoms with Crippen LogP contribution in [0.1, 0.15) is 18.4 Å². The smallest absolute Gasteiger partial charge is 0.292 e. The molecule has 0 aromatic heterocycles. The molecule has 1 aromatic rings. The maximum Gasteiger partial charge on any atom is 0.292 e. The van der Waals surface area contributed by atoms with E-state index in [0.717, 1.165) is 57.7 Å². The Bertz CT molecular complexity index is 499. The predicted molar refractivity (Wildman–Crippen MR) is 89.5 cm³/mol. The van der Waals surface area contributed by atoms with Crippen LogP contribution in [0.15, 0.2) is 18.2 Å². The van der Waals surface area contributed by atoms with Gasteiger partial charge in [-0.15, -0.1) is 0 Å². The summed E-state index contributed by atoms with van der Waals surface area (Å²) in [6.07, 6.45) is 2.15. The van der Waals surface area contributed by atoms with Crippen molar-refractivity contribution in [1.29, 1.82) is 0 Å². The highest BCUT2D eigenvalue weighted by molar-refractivity contribution is 5.62. The van der Waals surface area contributed by atoms with Gasteiger partial charge < -0.3 is 15.1 Å². The fourth-order valence-electron chi connectivity index (χ4n) is 2.70. The summed E-state index contributed by atoms with van der Waals surface area (Å²) in [6.45, 7) is 8.35. The molecular weight excluding hydrogens is 280 g/mol. The molecule has 0 bridgehead atoms. The number of hydrogen-bond acceptors (Lipinski definition) is 5. The maximum absolute atomic E-state index is 11.1. The SMILES string of the molecule is Cc1ccc(NCCCCN2CCN(C)CC2)c([N+](=O)[O-])c1. The number of likely N-dealkylation sites (N-methyl/N-ethyl adjacent to an activating group) is 1. The number of benzene rings is 1. The van der Waals surface area contributed by atoms with Crippen LogP contribution in [0.2, 0.25) is 0 Å². The summed E-state index contributed by atoms with van der Waals surface area (Å²) >= 11 is 0. The molecule has 0 amide bonds. The Morgan fingerprint density at radius 3 is 2.64 bits per heavy atom. The Hall–Kier alpha value is -1.66. The van der Waals surface area contributed by atoms with Crippen LogP contribution in [0.4, 0.5) is 11.4 Å². The summed E-state index contributed by atoms with van der Waals surface area (Å²) in [5.41, 5.74) is 1.70. The lowest BCUT2D eigenvalue weighted by Crippen LogP contribution is -2.44. The van der Waals surface area contributed by atoms with Gasteiger partial charge in [0.15, 0.2) is 0 Å². The van der Waals surface area contributed by atoms with Crippen LogP contribution in [-0.4, -0.2) is 61.0 Å². The van der Waals surface area contributed by atoms with Crippen molar-refractivity contribution in [1.82, 2.24) is 9.80 Å². The highest BCUT2D eigenvalue weighted by Crippen LogP contribution is 2.25. The Balaban J connectivity index is 1.69. The number of nitro benzene ring substituents is 1. The maximum atomic E-state index is 11.1. The summed E-state index contributed by atoms with van der Waals surface area (Å²) in [6, 6.07) is 5.32. The first-order valence-electron chi connectivity index (χ1n) is 7.96. The van der Waals surface area contributed by atoms with Gasteiger partial charge in [0.05, 0.1) is 4.92 Å². The lowest BCUT2D eigenvalue weighted by Gasteiger charge is -2.32. The van der Waals surface area contributed by atoms with Crippen LogP contribution in [0.3, 0.4) is 0 Å². The predicted octanol–water partition coefficient (Wildman–Crippen LogP) is 2.34. The van der Waals surface area contributed by atoms with Crippen LogP contribution < -0.4 is 5.32 Å². The fraction of sp³-hybridized carbons (Fsp3) is 0.625. The van der Waals surface area contributed by atoms with Crippen molar-refractivity contribution in [2.45, 2.75) is 19.8 Å². The van der Waals surface area contributed by atoms with E-state index >= 15 is 0 Å². The first-order chi connectivity index (χ1) is 10.6. The zero-order valence-corrected chi connectivity index (χ0v) is 13.5. The number of nitrogens with one attached hydrogen (secondary N) is 1. The Morgan fingerprint density at radius 2 is 1.95 bits per heavy atom. The molecule has 1 heterocycles. The number of nitro groups is 1. The molecule has 0 unspecified atom stereocenters. The number of rotatable bonds is 7. The summed E-state index contributed by atoms with van der Waals surface area (Å²) in [4.78, 5) is 15.6. The minimum Gasteiger partial charge on any atom is -0.379 e. The largest absolute Gasteiger partial charge is 0.379 e. The van der Waals surface area contributed by atoms with Gasteiger partial charge >= 0.3 is 0 Å². The Morgan fingerprint density at radius 1 is 1.23 bits per heavy atom. The Labute approximate surface area is 132 Å². The van der Waals surface area contributed by atoms with Crippen molar-refractivity contribution in [2.75, 3.05) is 51.6 Å². The minimum absolute atomic E-state index is 0.166. The van der Waals surface area contributed by atoms with Gasteiger partial charge in [0.2, 0.25) is 0 Å². The molecular formula is C16H26N4O2. The molecule has 0 radical (unpaired) electrons. The summed E-state index contributed by atoms with van der Waals surface area (Å²) < 4.78 is 0. The molecule has 0 saturated carbocycles. The summed E-state index contributed by atoms with van der Waals surface area (Å²) in [5.74, 6) is 0. The van der Waals surface area contributed by atoms with Crippen molar-refractivity contribution in [3.8, 4) is 0 Å². The number of nitrogens with zero attached hydrogens (tertiary/aromatic N) is 3. The molecule has 1 aromatic carbocycles. The minimum atomic E-state index is -0.320. The van der Waals surface area contributed by atoms with E-state index in [4.69, 9.17) is 0 Å². The molecule has 6 heteroatoms. The second-order valence-electron chi connectivity index (χ2n) is 6.06. The lowest BCUT2D eigenvalue weighted by atomic mass is 10.2. The normalized spacial score (nSPS) is 16.6. The van der Waals surface area contributed by atoms with Crippen molar-refractivity contribution in [2.24, 2.45) is 0 Å². The zero-order chi connectivity index (χ0) is 15.9. The summed E-state index contributed by atoms with van der Waals surface area (Å²) in [5, 5.41) is 14.2. The van der Waals surface area contributed by atoms with Gasteiger partial charge in [-0.05, 0) is 45.0 Å². The van der Waals surface area contributed by atoms with E-state index in [0.29, 0.717) is 5.69 Å². The molecule has 1 aliphatic heterocycles. The van der Waals surface area contributed by atoms with E-state index in [2.05, 4.69) is 22.2 Å². The standard InChI is InChI=1S/C16H26N4O2/c1-14-5-6-15(16(13-14)20(21)22)17-7-3-4-8-19-11-9-18(2)10-12-19/h5-6,13,17H,3-4,7-12H2,1-2H3. The highest BCUT2D eigenvalue weighted by atomic mass is 16.6. The number of anilines is 1. The van der Waals surface area contributed by atoms with Gasteiger partial charge in [-0.1, -0.05) is 6.07 Å². The van der Waals surface area contributed by atoms with E-state index in [1.165, 1.54) is 0 Å². The van der Waals surface area contributed by atoms with Crippen LogP contribution in [0.5, 0.6) is 0 Å². The average molecular weight is 306 g/mol. The third-order valence-corrected chi connectivity index (χ3v) is 4.16. The van der Waals surface area contributed by atoms with Crippen molar-refractivity contribution in [3.05, 3.63) is 33.9 Å². The van der Waals surface area contributed by atoms with Gasteiger partial charge in [-0.3, -0.25) is 10.1 Å². The van der Waals surface area contributed by atoms with Crippen LogP contribution in [-0.2, 0) is 0 Å². The van der Waals surface area contributed by atoms with Crippen LogP contribution in [0.25, 0.3) is 0 Å². The second kappa shape index (κ2) is 8.10. The first kappa shape index (κ1) is 16.7. The van der Waals surface area contributed by atoms with Gasteiger partial charge in [-0.25, -0.2) is 0 Å². The van der Waals surface area contributed by atoms with Crippen LogP contribution in [0, 0.1) is 17.0 Å². The molecule has 1 saturated heterocycles. The molecule has 0 aliphatic carbocycles. The number of aryl methyl sites for hydroxylation is 1. The number of unbranched alkanes of at least 4 members (excludes halogenated alkanes) is 1. The van der Waals surface area contributed by atoms with Crippen molar-refractivity contribution in [3.63, 3.8) is 0 Å². The highest BCUT2D eigenvalue weighted by Gasteiger charge is 2.14. The lowest BCUT2D eigenvalue weighted by molar-refractivity contribution is -0.384. The quantitative estimate of drug-likeness (QED) is 0.476. The fourth-order valence-corrected chi connectivity index (χ4v) is 2.70. The molecule has 1 N–H and O–H groups in total. The monoisotopic (exact) mass is 306 g/mol. The molecule has 1 fully saturated rings. The first-order valence-corrected chi connectivity index (χ1v) is 7.96. The topological polar surface area (TPSA) is 61.6 Å². The number of piperazine rings is 1. The van der Waals surface area contributed by atoms with Gasteiger partial charge in [0.1, 0.15) is 5.69 Å². The van der Waals surface area contributed by atoms with E-state index < -0.39 is 0 Å². The number of hydrogen-bond donors (Lipinski definition) is 1. The van der Waals surface area contributed by atoms with E-state index in [1.807, 2.05) is 13.0 Å². The molecule has 122 valence electrons. The van der Waals surface area contributed by atoms with E-state index in [-0.39, 0.29) is 10.6 Å². The molecule has 22 heavy (non-hydrogen) atoms. The summed E-state index contributed by atoms with van der Waals surface area (Å²) in [7, 11) is 2.16. The molecule has 0 spiro atoms. The van der Waals surface area contributed by atoms with Gasteiger partial charge in [0, 0.05) is 38.8 Å². The average Bonchev–Trinajstić information content (AvgIpc) is 2.50. The van der Waals surface area contributed by atoms with Gasteiger partial charge in [-0.2, -0.15) is 0 Å². The van der Waals surface area contributed by atoms with Crippen LogP contribution >= 0.6 is 0 Å². The third-order valence-electron chi connectivity index (χ3n) is 4.16. The second-order valence-corrected chi connectivity index (χ2v) is 6.06. The molecule has 1 aliphatic rings. The van der Waals surface area contributed by atoms with Crippen molar-refractivity contribution < 1.29 is 4.92 Å². The molecule has 0 atom stereocenters. The zero-order valence-electron chi connectivity index (χ0n) is 13.5. The Kier molecular flexibility index (Phi) is 6.15. The van der Waals surface area contributed by atoms with E-state index in [1.54, 1.807) is 12.1 Å². The molecule has 6 nitrogen and oxygen atoms in total. The van der Waals surface area contributed by atoms with Gasteiger partial charge in [0.25, 0.3) is 5.69 Å². The van der Waals surface area contributed by atoms with E-state index in [9.17, 15) is 10.1 Å². The molecule has 2 rings (SSSR count). The van der Waals surface area contributed by atoms with Crippen molar-refractivity contribution >= 4 is 11.4 Å².